The fraction of sp³-hybridized carbons (Fsp3) is 0.0435. The number of hydrogen-bond donors (Lipinski definition) is 5. The quantitative estimate of drug-likeness (QED) is 0.0910. The number of aromatic hydroxyl groups is 1. The lowest BCUT2D eigenvalue weighted by molar-refractivity contribution is -0.114. The summed E-state index contributed by atoms with van der Waals surface area (Å²) in [5.41, 5.74) is 7.37. The Kier molecular flexibility index (Phi) is 8.15. The highest BCUT2D eigenvalue weighted by Crippen LogP contribution is 2.32. The second-order valence-electron chi connectivity index (χ2n) is 7.06. The largest absolute Gasteiger partial charge is 0.507 e. The molecule has 8 nitrogen and oxygen atoms in total. The van der Waals surface area contributed by atoms with Crippen LogP contribution in [0.2, 0.25) is 0 Å². The van der Waals surface area contributed by atoms with E-state index in [0.717, 1.165) is 0 Å². The van der Waals surface area contributed by atoms with Crippen LogP contribution in [0.4, 0.5) is 10.1 Å². The molecule has 3 rings (SSSR count). The molecule has 1 amide bonds. The van der Waals surface area contributed by atoms with Crippen molar-refractivity contribution in [2.45, 2.75) is 11.8 Å². The molecule has 1 atom stereocenters. The Morgan fingerprint density at radius 3 is 2.53 bits per heavy atom. The van der Waals surface area contributed by atoms with Gasteiger partial charge in [-0.15, -0.1) is 0 Å². The third-order valence-electron chi connectivity index (χ3n) is 4.92. The van der Waals surface area contributed by atoms with Gasteiger partial charge in [-0.25, -0.2) is 8.60 Å². The van der Waals surface area contributed by atoms with Crippen LogP contribution < -0.4 is 16.9 Å². The molecule has 0 aliphatic heterocycles. The van der Waals surface area contributed by atoms with Crippen molar-refractivity contribution in [3.8, 4) is 16.9 Å². The van der Waals surface area contributed by atoms with Crippen molar-refractivity contribution in [2.24, 2.45) is 11.6 Å². The maximum Gasteiger partial charge on any atom is 0.284 e. The number of phenolic OH excluding ortho intramolecular Hbond substituents is 1. The third-order valence-corrected chi connectivity index (χ3v) is 6.70. The van der Waals surface area contributed by atoms with Crippen molar-refractivity contribution in [3.63, 3.8) is 0 Å². The molecule has 1 unspecified atom stereocenters. The van der Waals surface area contributed by atoms with E-state index in [1.807, 2.05) is 22.6 Å². The number of nitrogens with two attached hydrogens (primary N) is 2. The van der Waals surface area contributed by atoms with Crippen molar-refractivity contribution < 1.29 is 22.8 Å². The minimum absolute atomic E-state index is 0.0529. The molecule has 0 saturated heterocycles. The Balaban J connectivity index is 1.90. The van der Waals surface area contributed by atoms with Crippen molar-refractivity contribution in [1.29, 1.82) is 5.41 Å². The third kappa shape index (κ3) is 5.50. The number of allylic oxidation sites excluding steroid dienone is 1. The molecule has 3 aromatic rings. The van der Waals surface area contributed by atoms with Gasteiger partial charge >= 0.3 is 0 Å². The number of phenols is 1. The van der Waals surface area contributed by atoms with Gasteiger partial charge in [-0.05, 0) is 71.5 Å². The molecule has 0 spiro atoms. The lowest BCUT2D eigenvalue weighted by atomic mass is 10.0. The van der Waals surface area contributed by atoms with Crippen LogP contribution in [0.25, 0.3) is 16.7 Å². The first kappa shape index (κ1) is 25.5. The second-order valence-corrected chi connectivity index (χ2v) is 9.32. The van der Waals surface area contributed by atoms with E-state index >= 15 is 0 Å². The van der Waals surface area contributed by atoms with Crippen LogP contribution in [-0.4, -0.2) is 21.1 Å². The smallest absolute Gasteiger partial charge is 0.284 e. The minimum Gasteiger partial charge on any atom is -0.507 e. The number of hydrogen-bond acceptors (Lipinski definition) is 6. The van der Waals surface area contributed by atoms with E-state index in [1.165, 1.54) is 25.1 Å². The van der Waals surface area contributed by atoms with Gasteiger partial charge in [-0.2, -0.15) is 10.2 Å². The fourth-order valence-electron chi connectivity index (χ4n) is 3.16. The van der Waals surface area contributed by atoms with Gasteiger partial charge in [-0.3, -0.25) is 10.2 Å². The first-order chi connectivity index (χ1) is 16.1. The molecule has 0 fully saturated rings. The predicted octanol–water partition coefficient (Wildman–Crippen LogP) is 4.20. The van der Waals surface area contributed by atoms with E-state index < -0.39 is 22.8 Å². The number of nitrogen functional groups attached to an aromatic ring is 1. The van der Waals surface area contributed by atoms with Gasteiger partial charge in [0, 0.05) is 25.8 Å². The highest BCUT2D eigenvalue weighted by atomic mass is 127. The number of amidine groups is 1. The molecule has 34 heavy (non-hydrogen) atoms. The van der Waals surface area contributed by atoms with Crippen molar-refractivity contribution in [3.05, 3.63) is 81.2 Å². The Morgan fingerprint density at radius 1 is 1.18 bits per heavy atom. The van der Waals surface area contributed by atoms with Crippen LogP contribution in [0.15, 0.2) is 71.4 Å². The summed E-state index contributed by atoms with van der Waals surface area (Å²) >= 11 is 0.139. The molecule has 11 heteroatoms. The average Bonchev–Trinajstić information content (AvgIpc) is 2.83. The number of carbonyl (C=O) groups excluding carboxylic acids is 1. The zero-order valence-electron chi connectivity index (χ0n) is 17.8. The van der Waals surface area contributed by atoms with Gasteiger partial charge in [0.05, 0.1) is 10.6 Å². The first-order valence-electron chi connectivity index (χ1n) is 9.67. The predicted molar refractivity (Wildman–Crippen MR) is 138 cm³/mol. The fourth-order valence-corrected chi connectivity index (χ4v) is 4.46. The summed E-state index contributed by atoms with van der Waals surface area (Å²) in [6.07, 6.45) is 0. The van der Waals surface area contributed by atoms with Crippen LogP contribution in [-0.2, 0) is 20.2 Å². The van der Waals surface area contributed by atoms with E-state index in [4.69, 9.17) is 17.0 Å². The van der Waals surface area contributed by atoms with Crippen LogP contribution in [0, 0.1) is 8.98 Å². The Bertz CT molecular complexity index is 1350. The average molecular weight is 594 g/mol. The molecule has 176 valence electrons. The number of nitrogens with one attached hydrogen (secondary N) is 2. The zero-order valence-corrected chi connectivity index (χ0v) is 20.7. The van der Waals surface area contributed by atoms with E-state index in [2.05, 4.69) is 9.60 Å². The Labute approximate surface area is 211 Å². The summed E-state index contributed by atoms with van der Waals surface area (Å²) in [6.45, 7) is 1.35. The number of benzene rings is 3. The molecular weight excluding hydrogens is 574 g/mol. The number of halogens is 2. The summed E-state index contributed by atoms with van der Waals surface area (Å²) in [5, 5.41) is 20.1. The molecule has 7 N–H and O–H groups in total. The molecule has 0 aromatic heterocycles. The van der Waals surface area contributed by atoms with Crippen molar-refractivity contribution >= 4 is 56.7 Å². The monoisotopic (exact) mass is 594 g/mol. The Morgan fingerprint density at radius 2 is 1.88 bits per heavy atom. The minimum atomic E-state index is -1.85. The number of anilines is 1. The normalized spacial score (nSPS) is 12.6. The van der Waals surface area contributed by atoms with E-state index in [9.17, 15) is 18.5 Å². The van der Waals surface area contributed by atoms with E-state index in [1.54, 1.807) is 42.5 Å². The molecule has 0 bridgehead atoms. The van der Waals surface area contributed by atoms with Gasteiger partial charge in [0.2, 0.25) is 11.1 Å². The number of carbonyl (C=O) groups is 1. The lowest BCUT2D eigenvalue weighted by Gasteiger charge is -2.12. The lowest BCUT2D eigenvalue weighted by Crippen LogP contribution is -2.14. The first-order valence-corrected chi connectivity index (χ1v) is 11.8. The zero-order chi connectivity index (χ0) is 25.0. The molecule has 0 saturated carbocycles. The van der Waals surface area contributed by atoms with Gasteiger partial charge in [-0.1, -0.05) is 24.3 Å². The SMILES string of the molecule is C/C(=C(\F)C(=O)Nc1ccc(-c2ccccc2S(=O)ON)cc1I)c1cc(C(=N)N)ccc1O. The van der Waals surface area contributed by atoms with Crippen LogP contribution >= 0.6 is 22.6 Å². The van der Waals surface area contributed by atoms with Gasteiger partial charge in [0.25, 0.3) is 5.91 Å². The molecular formula is C23H20FIN4O4S. The highest BCUT2D eigenvalue weighted by molar-refractivity contribution is 14.1. The highest BCUT2D eigenvalue weighted by Gasteiger charge is 2.19. The molecule has 0 heterocycles. The topological polar surface area (TPSA) is 152 Å². The summed E-state index contributed by atoms with van der Waals surface area (Å²) in [5.74, 6) is 2.46. The van der Waals surface area contributed by atoms with Crippen LogP contribution in [0.1, 0.15) is 18.1 Å². The summed E-state index contributed by atoms with van der Waals surface area (Å²) < 4.78 is 32.1. The second kappa shape index (κ2) is 10.9. The summed E-state index contributed by atoms with van der Waals surface area (Å²) in [6, 6.07) is 15.9. The maximum absolute atomic E-state index is 14.9. The Hall–Kier alpha value is -3.13. The number of amides is 1. The molecule has 0 aliphatic carbocycles. The summed E-state index contributed by atoms with van der Waals surface area (Å²) in [7, 11) is 0. The number of rotatable bonds is 7. The van der Waals surface area contributed by atoms with Gasteiger partial charge < -0.3 is 16.2 Å². The van der Waals surface area contributed by atoms with E-state index in [0.29, 0.717) is 25.3 Å². The maximum atomic E-state index is 14.9. The molecule has 0 radical (unpaired) electrons. The summed E-state index contributed by atoms with van der Waals surface area (Å²) in [4.78, 5) is 13.0. The van der Waals surface area contributed by atoms with E-state index in [-0.39, 0.29) is 28.3 Å². The van der Waals surface area contributed by atoms with Crippen molar-refractivity contribution in [1.82, 2.24) is 0 Å². The van der Waals surface area contributed by atoms with Gasteiger partial charge in [0.15, 0.2) is 5.83 Å². The molecule has 3 aromatic carbocycles. The molecule has 0 aliphatic rings. The van der Waals surface area contributed by atoms with Crippen LogP contribution in [0.3, 0.4) is 0 Å². The standard InChI is InChI=1S/C23H20FIN4O4S/c1-12(16-10-14(22(26)27)7-9-19(16)30)21(24)23(31)29-18-8-6-13(11-17(18)25)15-4-2-3-5-20(15)34(32)33-28/h2-11,30H,28H2,1H3,(H3,26,27)(H,29,31)/b21-12+. The van der Waals surface area contributed by atoms with Crippen molar-refractivity contribution in [2.75, 3.05) is 5.32 Å². The van der Waals surface area contributed by atoms with Gasteiger partial charge in [0.1, 0.15) is 11.6 Å². The van der Waals surface area contributed by atoms with Crippen LogP contribution in [0.5, 0.6) is 5.75 Å².